The van der Waals surface area contributed by atoms with Crippen molar-refractivity contribution in [1.29, 1.82) is 0 Å². The molecule has 2 N–H and O–H groups in total. The lowest BCUT2D eigenvalue weighted by atomic mass is 9.68. The van der Waals surface area contributed by atoms with Crippen LogP contribution in [0.15, 0.2) is 18.2 Å². The van der Waals surface area contributed by atoms with Crippen LogP contribution in [-0.4, -0.2) is 6.54 Å². The van der Waals surface area contributed by atoms with Gasteiger partial charge in [0.25, 0.3) is 0 Å². The molecule has 1 aliphatic rings. The Kier molecular flexibility index (Phi) is 4.34. The molecule has 0 bridgehead atoms. The first-order valence-corrected chi connectivity index (χ1v) is 7.37. The summed E-state index contributed by atoms with van der Waals surface area (Å²) in [4.78, 5) is 0. The van der Waals surface area contributed by atoms with E-state index >= 15 is 0 Å². The van der Waals surface area contributed by atoms with Gasteiger partial charge in [0, 0.05) is 5.02 Å². The molecule has 1 aromatic carbocycles. The van der Waals surface area contributed by atoms with Crippen molar-refractivity contribution < 1.29 is 0 Å². The van der Waals surface area contributed by atoms with E-state index in [-0.39, 0.29) is 5.41 Å². The minimum absolute atomic E-state index is 0.283. The quantitative estimate of drug-likeness (QED) is 0.864. The largest absolute Gasteiger partial charge is 0.330 e. The number of halogens is 1. The van der Waals surface area contributed by atoms with Gasteiger partial charge in [0.1, 0.15) is 0 Å². The normalized spacial score (nSPS) is 28.3. The zero-order chi connectivity index (χ0) is 13.2. The lowest BCUT2D eigenvalue weighted by Crippen LogP contribution is -2.36. The molecule has 0 radical (unpaired) electrons. The van der Waals surface area contributed by atoms with E-state index in [9.17, 15) is 0 Å². The van der Waals surface area contributed by atoms with Gasteiger partial charge in [-0.05, 0) is 61.3 Å². The molecular weight excluding hydrogens is 242 g/mol. The van der Waals surface area contributed by atoms with E-state index in [4.69, 9.17) is 17.3 Å². The number of hydrogen-bond acceptors (Lipinski definition) is 1. The predicted molar refractivity (Wildman–Crippen MR) is 79.0 cm³/mol. The predicted octanol–water partition coefficient (Wildman–Crippen LogP) is 4.35. The van der Waals surface area contributed by atoms with Gasteiger partial charge in [0.15, 0.2) is 0 Å². The summed E-state index contributed by atoms with van der Waals surface area (Å²) in [5.74, 6) is 0.859. The van der Waals surface area contributed by atoms with Crippen LogP contribution in [0, 0.1) is 18.3 Å². The molecule has 1 saturated carbocycles. The fraction of sp³-hybridized carbons (Fsp3) is 0.625. The van der Waals surface area contributed by atoms with Crippen molar-refractivity contribution in [2.45, 2.75) is 46.0 Å². The lowest BCUT2D eigenvalue weighted by molar-refractivity contribution is 0.163. The van der Waals surface area contributed by atoms with E-state index in [2.05, 4.69) is 32.0 Å². The third-order valence-electron chi connectivity index (χ3n) is 4.54. The van der Waals surface area contributed by atoms with Gasteiger partial charge in [0.2, 0.25) is 0 Å². The summed E-state index contributed by atoms with van der Waals surface area (Å²) in [5, 5.41) is 0.904. The van der Waals surface area contributed by atoms with E-state index in [0.717, 1.165) is 23.9 Å². The van der Waals surface area contributed by atoms with Crippen LogP contribution in [0.1, 0.15) is 43.7 Å². The number of aryl methyl sites for hydroxylation is 1. The second-order valence-corrected chi connectivity index (χ2v) is 6.57. The Balaban J connectivity index is 2.15. The fourth-order valence-electron chi connectivity index (χ4n) is 3.03. The van der Waals surface area contributed by atoms with Crippen LogP contribution in [0.2, 0.25) is 5.02 Å². The van der Waals surface area contributed by atoms with Gasteiger partial charge >= 0.3 is 0 Å². The average Bonchev–Trinajstić information content (AvgIpc) is 2.36. The molecule has 1 aliphatic carbocycles. The highest BCUT2D eigenvalue weighted by Crippen LogP contribution is 2.41. The van der Waals surface area contributed by atoms with Crippen molar-refractivity contribution in [3.05, 3.63) is 34.3 Å². The minimum Gasteiger partial charge on any atom is -0.330 e. The standard InChI is InChI=1S/C16H24ClN/c1-12-5-7-16(11-18,8-6-12)10-14-4-3-13(2)9-15(14)17/h3-4,9,12H,5-8,10-11,18H2,1-2H3. The maximum Gasteiger partial charge on any atom is 0.0440 e. The Morgan fingerprint density at radius 2 is 2.00 bits per heavy atom. The van der Waals surface area contributed by atoms with Crippen molar-refractivity contribution >= 4 is 11.6 Å². The number of rotatable bonds is 3. The Morgan fingerprint density at radius 1 is 1.33 bits per heavy atom. The van der Waals surface area contributed by atoms with Crippen LogP contribution in [0.3, 0.4) is 0 Å². The van der Waals surface area contributed by atoms with Crippen molar-refractivity contribution in [1.82, 2.24) is 0 Å². The highest BCUT2D eigenvalue weighted by Gasteiger charge is 2.33. The maximum absolute atomic E-state index is 6.36. The molecule has 2 rings (SSSR count). The molecule has 0 saturated heterocycles. The van der Waals surface area contributed by atoms with Crippen molar-refractivity contribution in [3.63, 3.8) is 0 Å². The van der Waals surface area contributed by atoms with E-state index in [0.29, 0.717) is 0 Å². The maximum atomic E-state index is 6.36. The van der Waals surface area contributed by atoms with Crippen molar-refractivity contribution in [3.8, 4) is 0 Å². The van der Waals surface area contributed by atoms with Gasteiger partial charge in [-0.15, -0.1) is 0 Å². The first kappa shape index (κ1) is 13.9. The SMILES string of the molecule is Cc1ccc(CC2(CN)CCC(C)CC2)c(Cl)c1. The molecule has 0 heterocycles. The zero-order valence-electron chi connectivity index (χ0n) is 11.5. The van der Waals surface area contributed by atoms with Crippen molar-refractivity contribution in [2.75, 3.05) is 6.54 Å². The molecule has 100 valence electrons. The van der Waals surface area contributed by atoms with E-state index < -0.39 is 0 Å². The average molecular weight is 266 g/mol. The number of nitrogens with two attached hydrogens (primary N) is 1. The van der Waals surface area contributed by atoms with Gasteiger partial charge in [-0.2, -0.15) is 0 Å². The summed E-state index contributed by atoms with van der Waals surface area (Å²) in [6.45, 7) is 5.21. The van der Waals surface area contributed by atoms with Gasteiger partial charge in [-0.25, -0.2) is 0 Å². The minimum atomic E-state index is 0.283. The Bertz CT molecular complexity index is 406. The first-order valence-electron chi connectivity index (χ1n) is 7.00. The molecule has 0 spiro atoms. The Labute approximate surface area is 116 Å². The molecule has 2 heteroatoms. The van der Waals surface area contributed by atoms with Crippen LogP contribution in [0.5, 0.6) is 0 Å². The van der Waals surface area contributed by atoms with E-state index in [1.54, 1.807) is 0 Å². The number of hydrogen-bond donors (Lipinski definition) is 1. The summed E-state index contributed by atoms with van der Waals surface area (Å²) < 4.78 is 0. The third kappa shape index (κ3) is 3.07. The Morgan fingerprint density at radius 3 is 2.56 bits per heavy atom. The summed E-state index contributed by atoms with van der Waals surface area (Å²) >= 11 is 6.36. The van der Waals surface area contributed by atoms with Crippen LogP contribution >= 0.6 is 11.6 Å². The monoisotopic (exact) mass is 265 g/mol. The Hall–Kier alpha value is -0.530. The van der Waals surface area contributed by atoms with Gasteiger partial charge < -0.3 is 5.73 Å². The van der Waals surface area contributed by atoms with E-state index in [1.165, 1.54) is 36.8 Å². The van der Waals surface area contributed by atoms with Crippen molar-refractivity contribution in [2.24, 2.45) is 17.1 Å². The topological polar surface area (TPSA) is 26.0 Å². The molecule has 1 nitrogen and oxygen atoms in total. The molecule has 0 unspecified atom stereocenters. The molecule has 0 aliphatic heterocycles. The fourth-order valence-corrected chi connectivity index (χ4v) is 3.33. The molecule has 0 atom stereocenters. The smallest absolute Gasteiger partial charge is 0.0440 e. The molecular formula is C16H24ClN. The van der Waals surface area contributed by atoms with Crippen LogP contribution < -0.4 is 5.73 Å². The molecule has 0 aromatic heterocycles. The summed E-state index contributed by atoms with van der Waals surface area (Å²) in [5.41, 5.74) is 8.84. The summed E-state index contributed by atoms with van der Waals surface area (Å²) in [6, 6.07) is 6.39. The van der Waals surface area contributed by atoms with Crippen LogP contribution in [0.25, 0.3) is 0 Å². The highest BCUT2D eigenvalue weighted by atomic mass is 35.5. The lowest BCUT2D eigenvalue weighted by Gasteiger charge is -2.39. The van der Waals surface area contributed by atoms with Gasteiger partial charge in [0.05, 0.1) is 0 Å². The van der Waals surface area contributed by atoms with Gasteiger partial charge in [-0.3, -0.25) is 0 Å². The number of benzene rings is 1. The molecule has 1 aromatic rings. The molecule has 1 fully saturated rings. The second-order valence-electron chi connectivity index (χ2n) is 6.16. The highest BCUT2D eigenvalue weighted by molar-refractivity contribution is 6.31. The third-order valence-corrected chi connectivity index (χ3v) is 4.89. The van der Waals surface area contributed by atoms with Crippen LogP contribution in [0.4, 0.5) is 0 Å². The molecule has 0 amide bonds. The second kappa shape index (κ2) is 5.63. The summed E-state index contributed by atoms with van der Waals surface area (Å²) in [6.07, 6.45) is 6.14. The molecule has 18 heavy (non-hydrogen) atoms. The van der Waals surface area contributed by atoms with Gasteiger partial charge in [-0.1, -0.05) is 43.5 Å². The summed E-state index contributed by atoms with van der Waals surface area (Å²) in [7, 11) is 0. The van der Waals surface area contributed by atoms with Crippen LogP contribution in [-0.2, 0) is 6.42 Å². The first-order chi connectivity index (χ1) is 8.54. The van der Waals surface area contributed by atoms with E-state index in [1.807, 2.05) is 0 Å². The zero-order valence-corrected chi connectivity index (χ0v) is 12.3.